The van der Waals surface area contributed by atoms with Crippen molar-refractivity contribution < 1.29 is 4.79 Å². The quantitative estimate of drug-likeness (QED) is 0.876. The highest BCUT2D eigenvalue weighted by Crippen LogP contribution is 2.27. The molecule has 0 bridgehead atoms. The summed E-state index contributed by atoms with van der Waals surface area (Å²) in [4.78, 5) is 18.8. The number of thiazole rings is 1. The van der Waals surface area contributed by atoms with Crippen molar-refractivity contribution >= 4 is 40.0 Å². The normalized spacial score (nSPS) is 18.9. The van der Waals surface area contributed by atoms with Gasteiger partial charge in [0.05, 0.1) is 0 Å². The topological polar surface area (TPSA) is 71.2 Å². The van der Waals surface area contributed by atoms with Gasteiger partial charge in [-0.1, -0.05) is 11.3 Å². The van der Waals surface area contributed by atoms with Crippen molar-refractivity contribution in [3.8, 4) is 0 Å². The Labute approximate surface area is 115 Å². The molecular formula is C11H18N4OS2. The first-order valence-electron chi connectivity index (χ1n) is 5.97. The highest BCUT2D eigenvalue weighted by molar-refractivity contribution is 7.99. The standard InChI is InChI=1S/C11H18N4OS2/c1-3-15(2)11-14-9(12)8(18-11)10(16)13-7-4-5-17-6-7/h7H,3-6,12H2,1-2H3,(H,13,16). The summed E-state index contributed by atoms with van der Waals surface area (Å²) in [5.74, 6) is 2.35. The number of nitrogen functional groups attached to an aromatic ring is 1. The number of nitrogens with one attached hydrogen (secondary N) is 1. The summed E-state index contributed by atoms with van der Waals surface area (Å²) < 4.78 is 0. The fourth-order valence-electron chi connectivity index (χ4n) is 1.68. The second-order valence-electron chi connectivity index (χ2n) is 4.26. The van der Waals surface area contributed by atoms with Gasteiger partial charge in [-0.3, -0.25) is 4.79 Å². The zero-order valence-electron chi connectivity index (χ0n) is 10.6. The lowest BCUT2D eigenvalue weighted by atomic mass is 10.2. The van der Waals surface area contributed by atoms with Crippen molar-refractivity contribution in [3.63, 3.8) is 0 Å². The molecule has 1 amide bonds. The van der Waals surface area contributed by atoms with Gasteiger partial charge in [-0.15, -0.1) is 0 Å². The molecule has 1 aliphatic heterocycles. The summed E-state index contributed by atoms with van der Waals surface area (Å²) in [6, 6.07) is 0.274. The van der Waals surface area contributed by atoms with Crippen LogP contribution in [0.1, 0.15) is 23.0 Å². The summed E-state index contributed by atoms with van der Waals surface area (Å²) in [6.07, 6.45) is 1.04. The van der Waals surface area contributed by atoms with Crippen LogP contribution in [-0.2, 0) is 0 Å². The van der Waals surface area contributed by atoms with Crippen LogP contribution < -0.4 is 16.0 Å². The number of nitrogens with zero attached hydrogens (tertiary/aromatic N) is 2. The highest BCUT2D eigenvalue weighted by Gasteiger charge is 2.22. The van der Waals surface area contributed by atoms with Crippen LogP contribution in [0.5, 0.6) is 0 Å². The fourth-order valence-corrected chi connectivity index (χ4v) is 3.75. The fraction of sp³-hybridized carbons (Fsp3) is 0.636. The van der Waals surface area contributed by atoms with Gasteiger partial charge in [0.25, 0.3) is 5.91 Å². The molecule has 5 nitrogen and oxygen atoms in total. The Morgan fingerprint density at radius 1 is 1.67 bits per heavy atom. The number of rotatable bonds is 4. The molecule has 1 aliphatic rings. The van der Waals surface area contributed by atoms with E-state index >= 15 is 0 Å². The molecule has 1 fully saturated rings. The van der Waals surface area contributed by atoms with Crippen molar-refractivity contribution in [1.29, 1.82) is 0 Å². The zero-order chi connectivity index (χ0) is 13.1. The third-order valence-electron chi connectivity index (χ3n) is 2.91. The molecule has 0 saturated carbocycles. The van der Waals surface area contributed by atoms with E-state index in [0.717, 1.165) is 29.6 Å². The lowest BCUT2D eigenvalue weighted by molar-refractivity contribution is 0.0946. The summed E-state index contributed by atoms with van der Waals surface area (Å²) in [6.45, 7) is 2.88. The van der Waals surface area contributed by atoms with E-state index in [-0.39, 0.29) is 11.9 Å². The number of carbonyl (C=O) groups is 1. The summed E-state index contributed by atoms with van der Waals surface area (Å²) in [5, 5.41) is 3.81. The SMILES string of the molecule is CCN(C)c1nc(N)c(C(=O)NC2CCSC2)s1. The molecule has 1 unspecified atom stereocenters. The number of hydrogen-bond donors (Lipinski definition) is 2. The molecule has 2 rings (SSSR count). The maximum absolute atomic E-state index is 12.1. The van der Waals surface area contributed by atoms with Crippen LogP contribution >= 0.6 is 23.1 Å². The van der Waals surface area contributed by atoms with Gasteiger partial charge < -0.3 is 16.0 Å². The number of anilines is 2. The van der Waals surface area contributed by atoms with E-state index in [9.17, 15) is 4.79 Å². The van der Waals surface area contributed by atoms with Gasteiger partial charge in [-0.05, 0) is 19.1 Å². The third kappa shape index (κ3) is 2.89. The second-order valence-corrected chi connectivity index (χ2v) is 6.39. The van der Waals surface area contributed by atoms with Gasteiger partial charge in [0.2, 0.25) is 0 Å². The van der Waals surface area contributed by atoms with Gasteiger partial charge in [-0.2, -0.15) is 11.8 Å². The molecule has 3 N–H and O–H groups in total. The van der Waals surface area contributed by atoms with Crippen LogP contribution in [0.25, 0.3) is 0 Å². The van der Waals surface area contributed by atoms with E-state index in [1.807, 2.05) is 30.6 Å². The molecule has 100 valence electrons. The van der Waals surface area contributed by atoms with E-state index in [0.29, 0.717) is 10.7 Å². The van der Waals surface area contributed by atoms with Crippen LogP contribution in [0.2, 0.25) is 0 Å². The summed E-state index contributed by atoms with van der Waals surface area (Å²) >= 11 is 3.23. The monoisotopic (exact) mass is 286 g/mol. The molecule has 1 aromatic rings. The summed E-state index contributed by atoms with van der Waals surface area (Å²) in [5.41, 5.74) is 5.82. The van der Waals surface area contributed by atoms with Crippen molar-refractivity contribution in [1.82, 2.24) is 10.3 Å². The minimum absolute atomic E-state index is 0.0896. The highest BCUT2D eigenvalue weighted by atomic mass is 32.2. The summed E-state index contributed by atoms with van der Waals surface area (Å²) in [7, 11) is 1.94. The molecule has 1 aromatic heterocycles. The number of thioether (sulfide) groups is 1. The van der Waals surface area contributed by atoms with Crippen LogP contribution in [-0.4, -0.2) is 42.0 Å². The van der Waals surface area contributed by atoms with Crippen LogP contribution in [0, 0.1) is 0 Å². The van der Waals surface area contributed by atoms with Gasteiger partial charge in [0, 0.05) is 25.4 Å². The Hall–Kier alpha value is -0.950. The maximum atomic E-state index is 12.1. The van der Waals surface area contributed by atoms with Gasteiger partial charge in [0.1, 0.15) is 10.7 Å². The first-order chi connectivity index (χ1) is 8.61. The molecular weight excluding hydrogens is 268 g/mol. The first kappa shape index (κ1) is 13.5. The van der Waals surface area contributed by atoms with Gasteiger partial charge >= 0.3 is 0 Å². The van der Waals surface area contributed by atoms with Crippen molar-refractivity contribution in [3.05, 3.63) is 4.88 Å². The molecule has 0 radical (unpaired) electrons. The largest absolute Gasteiger partial charge is 0.382 e. The lowest BCUT2D eigenvalue weighted by Crippen LogP contribution is -2.34. The number of aromatic nitrogens is 1. The zero-order valence-corrected chi connectivity index (χ0v) is 12.2. The average Bonchev–Trinajstić information content (AvgIpc) is 2.97. The molecule has 1 saturated heterocycles. The van der Waals surface area contributed by atoms with Gasteiger partial charge in [-0.25, -0.2) is 4.98 Å². The van der Waals surface area contributed by atoms with E-state index in [2.05, 4.69) is 10.3 Å². The van der Waals surface area contributed by atoms with Crippen molar-refractivity contribution in [2.75, 3.05) is 35.7 Å². The minimum atomic E-state index is -0.0896. The first-order valence-corrected chi connectivity index (χ1v) is 7.95. The number of carbonyl (C=O) groups excluding carboxylic acids is 1. The molecule has 18 heavy (non-hydrogen) atoms. The van der Waals surface area contributed by atoms with E-state index in [4.69, 9.17) is 5.73 Å². The molecule has 0 spiro atoms. The van der Waals surface area contributed by atoms with Gasteiger partial charge in [0.15, 0.2) is 5.13 Å². The van der Waals surface area contributed by atoms with E-state index in [1.54, 1.807) is 0 Å². The maximum Gasteiger partial charge on any atom is 0.265 e. The van der Waals surface area contributed by atoms with Crippen LogP contribution in [0.4, 0.5) is 10.9 Å². The Kier molecular flexibility index (Phi) is 4.34. The molecule has 1 atom stereocenters. The Balaban J connectivity index is 2.07. The number of hydrogen-bond acceptors (Lipinski definition) is 6. The number of nitrogens with two attached hydrogens (primary N) is 1. The molecule has 7 heteroatoms. The lowest BCUT2D eigenvalue weighted by Gasteiger charge is -2.11. The second kappa shape index (κ2) is 5.79. The molecule has 0 aliphatic carbocycles. The molecule has 0 aromatic carbocycles. The Morgan fingerprint density at radius 2 is 2.44 bits per heavy atom. The van der Waals surface area contributed by atoms with Crippen molar-refractivity contribution in [2.24, 2.45) is 0 Å². The number of amides is 1. The minimum Gasteiger partial charge on any atom is -0.382 e. The third-order valence-corrected chi connectivity index (χ3v) is 5.26. The van der Waals surface area contributed by atoms with E-state index < -0.39 is 0 Å². The van der Waals surface area contributed by atoms with Crippen LogP contribution in [0.15, 0.2) is 0 Å². The van der Waals surface area contributed by atoms with E-state index in [1.165, 1.54) is 11.3 Å². The average molecular weight is 286 g/mol. The van der Waals surface area contributed by atoms with Crippen LogP contribution in [0.3, 0.4) is 0 Å². The smallest absolute Gasteiger partial charge is 0.265 e. The molecule has 2 heterocycles. The predicted molar refractivity (Wildman–Crippen MR) is 78.7 cm³/mol. The Bertz CT molecular complexity index is 429. The Morgan fingerprint density at radius 3 is 3.06 bits per heavy atom. The predicted octanol–water partition coefficient (Wildman–Crippen LogP) is 1.42. The van der Waals surface area contributed by atoms with Crippen molar-refractivity contribution in [2.45, 2.75) is 19.4 Å².